The number of anilines is 1. The summed E-state index contributed by atoms with van der Waals surface area (Å²) in [6, 6.07) is 10.7. The van der Waals surface area contributed by atoms with E-state index in [-0.39, 0.29) is 0 Å². The summed E-state index contributed by atoms with van der Waals surface area (Å²) in [6.07, 6.45) is 5.54. The lowest BCUT2D eigenvalue weighted by Gasteiger charge is -2.08. The second-order valence-electron chi connectivity index (χ2n) is 4.97. The Kier molecular flexibility index (Phi) is 3.98. The number of rotatable bonds is 4. The van der Waals surface area contributed by atoms with Crippen LogP contribution in [0.4, 0.5) is 5.69 Å². The van der Waals surface area contributed by atoms with Crippen LogP contribution in [-0.4, -0.2) is 4.98 Å². The van der Waals surface area contributed by atoms with Gasteiger partial charge in [0.1, 0.15) is 0 Å². The molecule has 0 aliphatic carbocycles. The summed E-state index contributed by atoms with van der Waals surface area (Å²) < 4.78 is 0. The summed E-state index contributed by atoms with van der Waals surface area (Å²) in [5, 5.41) is 0. The summed E-state index contributed by atoms with van der Waals surface area (Å²) in [7, 11) is 0. The van der Waals surface area contributed by atoms with Gasteiger partial charge in [-0.3, -0.25) is 4.98 Å². The first-order valence-electron chi connectivity index (χ1n) is 6.44. The molecule has 0 unspecified atom stereocenters. The number of pyridine rings is 1. The number of aromatic nitrogens is 1. The van der Waals surface area contributed by atoms with Gasteiger partial charge in [0.2, 0.25) is 0 Å². The van der Waals surface area contributed by atoms with Crippen molar-refractivity contribution in [3.8, 4) is 0 Å². The van der Waals surface area contributed by atoms with E-state index in [0.29, 0.717) is 5.92 Å². The quantitative estimate of drug-likeness (QED) is 0.887. The second-order valence-corrected chi connectivity index (χ2v) is 4.97. The Morgan fingerprint density at radius 1 is 1.06 bits per heavy atom. The van der Waals surface area contributed by atoms with Gasteiger partial charge in [-0.25, -0.2) is 0 Å². The number of nitrogens with two attached hydrogens (primary N) is 1. The molecular formula is C16H20N2. The normalized spacial score (nSPS) is 10.8. The average Bonchev–Trinajstić information content (AvgIpc) is 2.38. The van der Waals surface area contributed by atoms with Crippen LogP contribution in [0.1, 0.15) is 36.5 Å². The topological polar surface area (TPSA) is 38.9 Å². The van der Waals surface area contributed by atoms with Gasteiger partial charge in [-0.2, -0.15) is 0 Å². The molecule has 1 heterocycles. The van der Waals surface area contributed by atoms with Crippen molar-refractivity contribution in [1.82, 2.24) is 4.98 Å². The number of hydrogen-bond donors (Lipinski definition) is 1. The van der Waals surface area contributed by atoms with E-state index in [4.69, 9.17) is 5.73 Å². The van der Waals surface area contributed by atoms with E-state index < -0.39 is 0 Å². The van der Waals surface area contributed by atoms with Crippen LogP contribution in [0, 0.1) is 0 Å². The van der Waals surface area contributed by atoms with E-state index >= 15 is 0 Å². The van der Waals surface area contributed by atoms with Crippen LogP contribution in [0.25, 0.3) is 0 Å². The monoisotopic (exact) mass is 240 g/mol. The van der Waals surface area contributed by atoms with Crippen molar-refractivity contribution < 1.29 is 0 Å². The van der Waals surface area contributed by atoms with Gasteiger partial charge < -0.3 is 5.73 Å². The van der Waals surface area contributed by atoms with Gasteiger partial charge in [0.25, 0.3) is 0 Å². The van der Waals surface area contributed by atoms with Crippen molar-refractivity contribution >= 4 is 5.69 Å². The highest BCUT2D eigenvalue weighted by atomic mass is 14.7. The fourth-order valence-electron chi connectivity index (χ4n) is 2.00. The molecule has 0 bridgehead atoms. The molecule has 0 amide bonds. The molecule has 0 spiro atoms. The predicted molar refractivity (Wildman–Crippen MR) is 76.6 cm³/mol. The number of benzene rings is 1. The molecule has 2 rings (SSSR count). The Labute approximate surface area is 109 Å². The fourth-order valence-corrected chi connectivity index (χ4v) is 2.00. The van der Waals surface area contributed by atoms with Gasteiger partial charge in [-0.15, -0.1) is 0 Å². The minimum Gasteiger partial charge on any atom is -0.398 e. The zero-order valence-corrected chi connectivity index (χ0v) is 11.1. The first kappa shape index (κ1) is 12.6. The molecule has 0 aliphatic rings. The summed E-state index contributed by atoms with van der Waals surface area (Å²) in [4.78, 5) is 4.12. The highest BCUT2D eigenvalue weighted by Gasteiger charge is 2.01. The van der Waals surface area contributed by atoms with Gasteiger partial charge >= 0.3 is 0 Å². The first-order valence-corrected chi connectivity index (χ1v) is 6.44. The molecule has 0 atom stereocenters. The standard InChI is InChI=1S/C16H20N2/c1-12(2)14-6-3-13(4-7-14)5-8-15-11-18-10-9-16(15)17/h3-4,6-7,9-12H,5,8H2,1-2H3,(H2,17,18). The molecule has 1 aromatic heterocycles. The van der Waals surface area contributed by atoms with Crippen molar-refractivity contribution in [2.45, 2.75) is 32.6 Å². The van der Waals surface area contributed by atoms with Gasteiger partial charge in [-0.1, -0.05) is 38.1 Å². The highest BCUT2D eigenvalue weighted by Crippen LogP contribution is 2.17. The van der Waals surface area contributed by atoms with Crippen molar-refractivity contribution in [1.29, 1.82) is 0 Å². The Morgan fingerprint density at radius 3 is 2.39 bits per heavy atom. The zero-order chi connectivity index (χ0) is 13.0. The van der Waals surface area contributed by atoms with E-state index in [1.165, 1.54) is 11.1 Å². The molecule has 1 aromatic carbocycles. The molecule has 18 heavy (non-hydrogen) atoms. The smallest absolute Gasteiger partial charge is 0.0377 e. The van der Waals surface area contributed by atoms with Gasteiger partial charge in [-0.05, 0) is 41.5 Å². The highest BCUT2D eigenvalue weighted by molar-refractivity contribution is 5.44. The number of aryl methyl sites for hydroxylation is 2. The van der Waals surface area contributed by atoms with Crippen LogP contribution in [-0.2, 0) is 12.8 Å². The lowest BCUT2D eigenvalue weighted by atomic mass is 9.99. The molecule has 2 heteroatoms. The molecule has 2 aromatic rings. The lowest BCUT2D eigenvalue weighted by Crippen LogP contribution is -1.98. The summed E-state index contributed by atoms with van der Waals surface area (Å²) >= 11 is 0. The van der Waals surface area contributed by atoms with Crippen LogP contribution >= 0.6 is 0 Å². The molecular weight excluding hydrogens is 220 g/mol. The third kappa shape index (κ3) is 3.10. The van der Waals surface area contributed by atoms with Crippen LogP contribution in [0.3, 0.4) is 0 Å². The van der Waals surface area contributed by atoms with E-state index in [0.717, 1.165) is 24.1 Å². The zero-order valence-electron chi connectivity index (χ0n) is 11.1. The maximum Gasteiger partial charge on any atom is 0.0377 e. The second kappa shape index (κ2) is 5.67. The molecule has 0 fully saturated rings. The molecule has 0 aliphatic heterocycles. The summed E-state index contributed by atoms with van der Waals surface area (Å²) in [5.74, 6) is 0.591. The molecule has 94 valence electrons. The van der Waals surface area contributed by atoms with Gasteiger partial charge in [0.15, 0.2) is 0 Å². The molecule has 0 radical (unpaired) electrons. The van der Waals surface area contributed by atoms with E-state index in [1.807, 2.05) is 12.3 Å². The van der Waals surface area contributed by atoms with E-state index in [2.05, 4.69) is 43.1 Å². The molecule has 0 saturated carbocycles. The average molecular weight is 240 g/mol. The third-order valence-corrected chi connectivity index (χ3v) is 3.27. The predicted octanol–water partition coefficient (Wildman–Crippen LogP) is 3.57. The van der Waals surface area contributed by atoms with Crippen LogP contribution in [0.2, 0.25) is 0 Å². The summed E-state index contributed by atoms with van der Waals surface area (Å²) in [6.45, 7) is 4.43. The maximum absolute atomic E-state index is 5.91. The Morgan fingerprint density at radius 2 is 1.78 bits per heavy atom. The maximum atomic E-state index is 5.91. The molecule has 0 saturated heterocycles. The number of nitrogen functional groups attached to an aromatic ring is 1. The van der Waals surface area contributed by atoms with Crippen molar-refractivity contribution in [3.05, 3.63) is 59.4 Å². The van der Waals surface area contributed by atoms with Crippen molar-refractivity contribution in [2.75, 3.05) is 5.73 Å². The molecule has 2 N–H and O–H groups in total. The Bertz CT molecular complexity index is 501. The minimum absolute atomic E-state index is 0.591. The van der Waals surface area contributed by atoms with Gasteiger partial charge in [0.05, 0.1) is 0 Å². The minimum atomic E-state index is 0.591. The number of nitrogens with zero attached hydrogens (tertiary/aromatic N) is 1. The summed E-state index contributed by atoms with van der Waals surface area (Å²) in [5.41, 5.74) is 10.6. The SMILES string of the molecule is CC(C)c1ccc(CCc2cnccc2N)cc1. The largest absolute Gasteiger partial charge is 0.398 e. The Hall–Kier alpha value is -1.83. The van der Waals surface area contributed by atoms with Crippen molar-refractivity contribution in [3.63, 3.8) is 0 Å². The first-order chi connectivity index (χ1) is 8.66. The van der Waals surface area contributed by atoms with E-state index in [9.17, 15) is 0 Å². The molecule has 2 nitrogen and oxygen atoms in total. The van der Waals surface area contributed by atoms with Gasteiger partial charge in [0, 0.05) is 18.1 Å². The van der Waals surface area contributed by atoms with Crippen LogP contribution < -0.4 is 5.73 Å². The van der Waals surface area contributed by atoms with Crippen molar-refractivity contribution in [2.24, 2.45) is 0 Å². The van der Waals surface area contributed by atoms with Crippen LogP contribution in [0.15, 0.2) is 42.7 Å². The van der Waals surface area contributed by atoms with E-state index in [1.54, 1.807) is 6.20 Å². The van der Waals surface area contributed by atoms with Crippen LogP contribution in [0.5, 0.6) is 0 Å². The Balaban J connectivity index is 2.00. The third-order valence-electron chi connectivity index (χ3n) is 3.27. The fraction of sp³-hybridized carbons (Fsp3) is 0.312. The lowest BCUT2D eigenvalue weighted by molar-refractivity contribution is 0.862. The number of hydrogen-bond acceptors (Lipinski definition) is 2.